The number of carbonyl (C=O) groups excluding carboxylic acids is 2. The standard InChI is InChI=1S/C38H44N2O2/c41-37(35-25-21-33(22-26-35)31-17-11-9-12-18-31)39-29-15-7-5-3-1-2-4-6-8-16-30-40-38(42)36-27-23-34(24-28-36)32-19-13-10-14-20-32/h9-14,17-28H,1-8,15-16,29-30H2,(H,39,41)(H,40,42). The first kappa shape index (κ1) is 30.8. The molecule has 4 rings (SSSR count). The van der Waals surface area contributed by atoms with E-state index in [9.17, 15) is 9.59 Å². The van der Waals surface area contributed by atoms with Crippen LogP contribution < -0.4 is 10.6 Å². The monoisotopic (exact) mass is 560 g/mol. The number of hydrogen-bond acceptors (Lipinski definition) is 2. The third-order valence-corrected chi connectivity index (χ3v) is 7.68. The van der Waals surface area contributed by atoms with Crippen LogP contribution in [0.4, 0.5) is 0 Å². The Morgan fingerprint density at radius 3 is 0.976 bits per heavy atom. The fourth-order valence-electron chi connectivity index (χ4n) is 5.16. The SMILES string of the molecule is O=C(NCCCCCCCCCCCCNC(=O)c1ccc(-c2ccccc2)cc1)c1ccc(-c2ccccc2)cc1. The Hall–Kier alpha value is -4.18. The van der Waals surface area contributed by atoms with Gasteiger partial charge in [0.15, 0.2) is 0 Å². The van der Waals surface area contributed by atoms with E-state index in [-0.39, 0.29) is 11.8 Å². The summed E-state index contributed by atoms with van der Waals surface area (Å²) in [6.45, 7) is 1.46. The minimum atomic E-state index is 0.00618. The normalized spacial score (nSPS) is 10.8. The number of rotatable bonds is 17. The zero-order valence-corrected chi connectivity index (χ0v) is 24.7. The lowest BCUT2D eigenvalue weighted by Crippen LogP contribution is -2.24. The van der Waals surface area contributed by atoms with E-state index in [0.717, 1.165) is 61.0 Å². The summed E-state index contributed by atoms with van der Waals surface area (Å²) in [6.07, 6.45) is 11.9. The van der Waals surface area contributed by atoms with Crippen LogP contribution in [-0.2, 0) is 0 Å². The van der Waals surface area contributed by atoms with Gasteiger partial charge in [0.2, 0.25) is 0 Å². The topological polar surface area (TPSA) is 58.2 Å². The molecule has 0 spiro atoms. The lowest BCUT2D eigenvalue weighted by molar-refractivity contribution is 0.0944. The van der Waals surface area contributed by atoms with Gasteiger partial charge in [-0.25, -0.2) is 0 Å². The Kier molecular flexibility index (Phi) is 12.9. The molecule has 0 saturated heterocycles. The van der Waals surface area contributed by atoms with Crippen molar-refractivity contribution in [2.24, 2.45) is 0 Å². The van der Waals surface area contributed by atoms with Crippen molar-refractivity contribution in [1.82, 2.24) is 10.6 Å². The first-order valence-electron chi connectivity index (χ1n) is 15.6. The third-order valence-electron chi connectivity index (χ3n) is 7.68. The smallest absolute Gasteiger partial charge is 0.251 e. The maximum atomic E-state index is 12.4. The molecule has 0 unspecified atom stereocenters. The van der Waals surface area contributed by atoms with Gasteiger partial charge in [-0.3, -0.25) is 9.59 Å². The van der Waals surface area contributed by atoms with Gasteiger partial charge >= 0.3 is 0 Å². The summed E-state index contributed by atoms with van der Waals surface area (Å²) in [7, 11) is 0. The molecular weight excluding hydrogens is 516 g/mol. The largest absolute Gasteiger partial charge is 0.352 e. The Bertz CT molecular complexity index is 1230. The van der Waals surface area contributed by atoms with Crippen LogP contribution in [0.25, 0.3) is 22.3 Å². The van der Waals surface area contributed by atoms with Crippen molar-refractivity contribution in [1.29, 1.82) is 0 Å². The van der Waals surface area contributed by atoms with Gasteiger partial charge in [0.1, 0.15) is 0 Å². The van der Waals surface area contributed by atoms with Crippen LogP contribution >= 0.6 is 0 Å². The quantitative estimate of drug-likeness (QED) is 0.127. The molecule has 0 fully saturated rings. The minimum Gasteiger partial charge on any atom is -0.352 e. The lowest BCUT2D eigenvalue weighted by Gasteiger charge is -2.07. The van der Waals surface area contributed by atoms with Crippen LogP contribution in [0.2, 0.25) is 0 Å². The van der Waals surface area contributed by atoms with E-state index >= 15 is 0 Å². The van der Waals surface area contributed by atoms with E-state index in [1.807, 2.05) is 84.9 Å². The summed E-state index contributed by atoms with van der Waals surface area (Å²) in [5, 5.41) is 6.11. The number of hydrogen-bond donors (Lipinski definition) is 2. The highest BCUT2D eigenvalue weighted by atomic mass is 16.2. The van der Waals surface area contributed by atoms with Crippen LogP contribution in [0.15, 0.2) is 109 Å². The van der Waals surface area contributed by atoms with Crippen LogP contribution in [0.1, 0.15) is 84.9 Å². The fourth-order valence-corrected chi connectivity index (χ4v) is 5.16. The second-order valence-electron chi connectivity index (χ2n) is 10.9. The third kappa shape index (κ3) is 10.3. The van der Waals surface area contributed by atoms with Gasteiger partial charge in [0.05, 0.1) is 0 Å². The Morgan fingerprint density at radius 1 is 0.357 bits per heavy atom. The molecule has 0 aromatic heterocycles. The Balaban J connectivity index is 0.946. The second kappa shape index (κ2) is 17.6. The number of benzene rings is 4. The molecule has 0 radical (unpaired) electrons. The molecule has 0 aliphatic carbocycles. The summed E-state index contributed by atoms with van der Waals surface area (Å²) in [5.74, 6) is 0.0124. The van der Waals surface area contributed by atoms with E-state index in [4.69, 9.17) is 0 Å². The highest BCUT2D eigenvalue weighted by molar-refractivity contribution is 5.95. The highest BCUT2D eigenvalue weighted by Crippen LogP contribution is 2.20. The Morgan fingerprint density at radius 2 is 0.643 bits per heavy atom. The molecule has 0 aliphatic heterocycles. The average Bonchev–Trinajstić information content (AvgIpc) is 3.05. The van der Waals surface area contributed by atoms with Crippen molar-refractivity contribution in [2.75, 3.05) is 13.1 Å². The molecule has 0 bridgehead atoms. The fraction of sp³-hybridized carbons (Fsp3) is 0.316. The second-order valence-corrected chi connectivity index (χ2v) is 10.9. The number of amides is 2. The van der Waals surface area contributed by atoms with Gasteiger partial charge in [0, 0.05) is 24.2 Å². The van der Waals surface area contributed by atoms with Crippen LogP contribution in [0.5, 0.6) is 0 Å². The van der Waals surface area contributed by atoms with Crippen LogP contribution in [-0.4, -0.2) is 24.9 Å². The summed E-state index contributed by atoms with van der Waals surface area (Å²) in [5.41, 5.74) is 5.99. The van der Waals surface area contributed by atoms with Crippen molar-refractivity contribution >= 4 is 11.8 Å². The van der Waals surface area contributed by atoms with Crippen molar-refractivity contribution in [2.45, 2.75) is 64.2 Å². The molecule has 4 nitrogen and oxygen atoms in total. The number of nitrogens with one attached hydrogen (secondary N) is 2. The molecule has 42 heavy (non-hydrogen) atoms. The first-order valence-corrected chi connectivity index (χ1v) is 15.6. The van der Waals surface area contributed by atoms with Crippen molar-refractivity contribution in [3.05, 3.63) is 120 Å². The average molecular weight is 561 g/mol. The van der Waals surface area contributed by atoms with Gasteiger partial charge < -0.3 is 10.6 Å². The summed E-state index contributed by atoms with van der Waals surface area (Å²) in [6, 6.07) is 36.1. The van der Waals surface area contributed by atoms with E-state index in [2.05, 4.69) is 34.9 Å². The molecule has 2 N–H and O–H groups in total. The van der Waals surface area contributed by atoms with Crippen molar-refractivity contribution in [3.63, 3.8) is 0 Å². The lowest BCUT2D eigenvalue weighted by atomic mass is 10.0. The Labute approximate surface area is 251 Å². The predicted octanol–water partition coefficient (Wildman–Crippen LogP) is 9.08. The van der Waals surface area contributed by atoms with Crippen molar-refractivity contribution in [3.8, 4) is 22.3 Å². The molecule has 218 valence electrons. The molecule has 0 saturated carbocycles. The zero-order valence-electron chi connectivity index (χ0n) is 24.7. The van der Waals surface area contributed by atoms with E-state index in [1.165, 1.54) is 38.5 Å². The van der Waals surface area contributed by atoms with Gasteiger partial charge in [-0.2, -0.15) is 0 Å². The first-order chi connectivity index (χ1) is 20.7. The zero-order chi connectivity index (χ0) is 29.2. The summed E-state index contributed by atoms with van der Waals surface area (Å²) in [4.78, 5) is 24.8. The molecule has 0 atom stereocenters. The summed E-state index contributed by atoms with van der Waals surface area (Å²) < 4.78 is 0. The molecule has 2 amide bonds. The number of carbonyl (C=O) groups is 2. The minimum absolute atomic E-state index is 0.00618. The summed E-state index contributed by atoms with van der Waals surface area (Å²) >= 11 is 0. The van der Waals surface area contributed by atoms with Gasteiger partial charge in [-0.05, 0) is 59.4 Å². The highest BCUT2D eigenvalue weighted by Gasteiger charge is 2.07. The van der Waals surface area contributed by atoms with Crippen LogP contribution in [0.3, 0.4) is 0 Å². The predicted molar refractivity (Wildman–Crippen MR) is 175 cm³/mol. The maximum absolute atomic E-state index is 12.4. The van der Waals surface area contributed by atoms with Crippen LogP contribution in [0, 0.1) is 0 Å². The van der Waals surface area contributed by atoms with Gasteiger partial charge in [-0.1, -0.05) is 136 Å². The molecule has 4 aromatic rings. The molecular formula is C38H44N2O2. The van der Waals surface area contributed by atoms with Gasteiger partial charge in [0.25, 0.3) is 11.8 Å². The maximum Gasteiger partial charge on any atom is 0.251 e. The molecule has 4 heteroatoms. The van der Waals surface area contributed by atoms with E-state index in [0.29, 0.717) is 11.1 Å². The number of unbranched alkanes of at least 4 members (excludes halogenated alkanes) is 9. The van der Waals surface area contributed by atoms with Gasteiger partial charge in [-0.15, -0.1) is 0 Å². The van der Waals surface area contributed by atoms with E-state index < -0.39 is 0 Å². The van der Waals surface area contributed by atoms with E-state index in [1.54, 1.807) is 0 Å². The van der Waals surface area contributed by atoms with Crippen molar-refractivity contribution < 1.29 is 9.59 Å². The molecule has 0 heterocycles. The molecule has 0 aliphatic rings. The molecule has 4 aromatic carbocycles.